The van der Waals surface area contributed by atoms with Gasteiger partial charge in [-0.15, -0.1) is 0 Å². The van der Waals surface area contributed by atoms with Gasteiger partial charge in [-0.25, -0.2) is 0 Å². The summed E-state index contributed by atoms with van der Waals surface area (Å²) in [4.78, 5) is 15.1. The molecular formula is C26H24Cl2N2O4. The van der Waals surface area contributed by atoms with Crippen LogP contribution >= 0.6 is 23.2 Å². The summed E-state index contributed by atoms with van der Waals surface area (Å²) in [7, 11) is 1.57. The number of nitrogens with one attached hydrogen (secondary N) is 2. The molecule has 0 bridgehead atoms. The second-order valence-electron chi connectivity index (χ2n) is 7.86. The van der Waals surface area contributed by atoms with E-state index in [1.54, 1.807) is 19.2 Å². The number of ether oxygens (including phenoxy) is 2. The lowest BCUT2D eigenvalue weighted by Gasteiger charge is -2.16. The number of carboxylic acids is 1. The van der Waals surface area contributed by atoms with E-state index in [0.29, 0.717) is 41.1 Å². The third-order valence-electron chi connectivity index (χ3n) is 5.56. The molecule has 1 aromatic heterocycles. The Morgan fingerprint density at radius 2 is 1.82 bits per heavy atom. The second-order valence-corrected chi connectivity index (χ2v) is 8.67. The van der Waals surface area contributed by atoms with Gasteiger partial charge >= 0.3 is 5.97 Å². The number of hydrogen-bond donors (Lipinski definition) is 3. The van der Waals surface area contributed by atoms with Crippen LogP contribution in [0, 0.1) is 0 Å². The van der Waals surface area contributed by atoms with Crippen molar-refractivity contribution >= 4 is 40.1 Å². The topological polar surface area (TPSA) is 83.6 Å². The number of carboxylic acid groups (broad SMARTS) is 1. The van der Waals surface area contributed by atoms with Crippen molar-refractivity contribution in [1.29, 1.82) is 0 Å². The molecule has 4 aromatic rings. The zero-order valence-corrected chi connectivity index (χ0v) is 20.0. The molecule has 4 rings (SSSR count). The van der Waals surface area contributed by atoms with Crippen LogP contribution in [0.4, 0.5) is 0 Å². The molecule has 0 saturated heterocycles. The Labute approximate surface area is 207 Å². The quantitative estimate of drug-likeness (QED) is 0.255. The number of rotatable bonds is 10. The molecule has 1 atom stereocenters. The van der Waals surface area contributed by atoms with Crippen molar-refractivity contribution in [3.05, 3.63) is 93.6 Å². The highest BCUT2D eigenvalue weighted by atomic mass is 35.5. The van der Waals surface area contributed by atoms with Crippen LogP contribution in [0.3, 0.4) is 0 Å². The fourth-order valence-electron chi connectivity index (χ4n) is 3.74. The van der Waals surface area contributed by atoms with Crippen LogP contribution in [0.2, 0.25) is 10.0 Å². The Morgan fingerprint density at radius 3 is 2.59 bits per heavy atom. The maximum absolute atomic E-state index is 11.9. The van der Waals surface area contributed by atoms with Crippen LogP contribution in [0.25, 0.3) is 10.9 Å². The third-order valence-corrected chi connectivity index (χ3v) is 6.30. The molecule has 1 heterocycles. The average Bonchev–Trinajstić information content (AvgIpc) is 3.25. The van der Waals surface area contributed by atoms with Crippen molar-refractivity contribution < 1.29 is 19.4 Å². The summed E-state index contributed by atoms with van der Waals surface area (Å²) in [6.07, 6.45) is 2.23. The maximum Gasteiger partial charge on any atom is 0.321 e. The van der Waals surface area contributed by atoms with Crippen molar-refractivity contribution in [3.8, 4) is 11.5 Å². The number of fused-ring (bicyclic) bond motifs is 1. The summed E-state index contributed by atoms with van der Waals surface area (Å²) in [6.45, 7) is 0.666. The SMILES string of the molecule is COc1cc(CNC(Cc2c[nH]c3ccccc23)C(=O)O)ccc1OCc1ccc(Cl)c(Cl)c1. The number of benzene rings is 3. The number of H-pyrrole nitrogens is 1. The molecular weight excluding hydrogens is 475 g/mol. The molecule has 0 saturated carbocycles. The Balaban J connectivity index is 1.41. The summed E-state index contributed by atoms with van der Waals surface area (Å²) in [5.41, 5.74) is 3.70. The monoisotopic (exact) mass is 498 g/mol. The normalized spacial score (nSPS) is 12.0. The van der Waals surface area contributed by atoms with Crippen molar-refractivity contribution in [1.82, 2.24) is 10.3 Å². The second kappa shape index (κ2) is 10.8. The Kier molecular flexibility index (Phi) is 7.63. The molecule has 3 N–H and O–H groups in total. The predicted octanol–water partition coefficient (Wildman–Crippen LogP) is 5.85. The summed E-state index contributed by atoms with van der Waals surface area (Å²) < 4.78 is 11.4. The van der Waals surface area contributed by atoms with Gasteiger partial charge in [-0.2, -0.15) is 0 Å². The molecule has 0 aliphatic carbocycles. The van der Waals surface area contributed by atoms with Gasteiger partial charge < -0.3 is 24.9 Å². The maximum atomic E-state index is 11.9. The van der Waals surface area contributed by atoms with E-state index < -0.39 is 12.0 Å². The summed E-state index contributed by atoms with van der Waals surface area (Å²) >= 11 is 12.0. The van der Waals surface area contributed by atoms with Gasteiger partial charge in [-0.05, 0) is 47.0 Å². The highest BCUT2D eigenvalue weighted by molar-refractivity contribution is 6.42. The number of hydrogen-bond acceptors (Lipinski definition) is 4. The molecule has 0 fully saturated rings. The van der Waals surface area contributed by atoms with Crippen LogP contribution in [0.15, 0.2) is 66.9 Å². The van der Waals surface area contributed by atoms with Crippen LogP contribution < -0.4 is 14.8 Å². The fourth-order valence-corrected chi connectivity index (χ4v) is 4.06. The van der Waals surface area contributed by atoms with E-state index in [4.69, 9.17) is 32.7 Å². The lowest BCUT2D eigenvalue weighted by atomic mass is 10.0. The Hall–Kier alpha value is -3.19. The minimum Gasteiger partial charge on any atom is -0.493 e. The molecule has 0 spiro atoms. The lowest BCUT2D eigenvalue weighted by molar-refractivity contribution is -0.139. The van der Waals surface area contributed by atoms with Crippen LogP contribution in [-0.2, 0) is 24.4 Å². The molecule has 0 aliphatic rings. The molecule has 3 aromatic carbocycles. The zero-order valence-electron chi connectivity index (χ0n) is 18.5. The zero-order chi connectivity index (χ0) is 24.1. The van der Waals surface area contributed by atoms with Crippen LogP contribution in [0.1, 0.15) is 16.7 Å². The number of carbonyl (C=O) groups is 1. The lowest BCUT2D eigenvalue weighted by Crippen LogP contribution is -2.38. The van der Waals surface area contributed by atoms with Gasteiger partial charge in [0.2, 0.25) is 0 Å². The van der Waals surface area contributed by atoms with E-state index in [-0.39, 0.29) is 0 Å². The molecule has 8 heteroatoms. The van der Waals surface area contributed by atoms with Crippen molar-refractivity contribution in [2.45, 2.75) is 25.6 Å². The minimum absolute atomic E-state index is 0.302. The predicted molar refractivity (Wildman–Crippen MR) is 134 cm³/mol. The Morgan fingerprint density at radius 1 is 1.03 bits per heavy atom. The van der Waals surface area contributed by atoms with Gasteiger partial charge in [-0.3, -0.25) is 4.79 Å². The summed E-state index contributed by atoms with van der Waals surface area (Å²) in [5.74, 6) is 0.229. The molecule has 0 aliphatic heterocycles. The van der Waals surface area contributed by atoms with Gasteiger partial charge in [0.1, 0.15) is 12.6 Å². The fraction of sp³-hybridized carbons (Fsp3) is 0.192. The van der Waals surface area contributed by atoms with Crippen molar-refractivity contribution in [2.24, 2.45) is 0 Å². The van der Waals surface area contributed by atoms with E-state index in [1.807, 2.05) is 54.7 Å². The summed E-state index contributed by atoms with van der Waals surface area (Å²) in [5, 5.41) is 14.9. The van der Waals surface area contributed by atoms with Crippen molar-refractivity contribution in [2.75, 3.05) is 7.11 Å². The van der Waals surface area contributed by atoms with Gasteiger partial charge in [0.05, 0.1) is 17.2 Å². The minimum atomic E-state index is -0.904. The number of aliphatic carboxylic acids is 1. The summed E-state index contributed by atoms with van der Waals surface area (Å²) in [6, 6.07) is 18.0. The number of halogens is 2. The molecule has 0 radical (unpaired) electrons. The van der Waals surface area contributed by atoms with Crippen LogP contribution in [-0.4, -0.2) is 29.2 Å². The van der Waals surface area contributed by atoms with Crippen LogP contribution in [0.5, 0.6) is 11.5 Å². The Bertz CT molecular complexity index is 1310. The van der Waals surface area contributed by atoms with Crippen molar-refractivity contribution in [3.63, 3.8) is 0 Å². The first-order valence-electron chi connectivity index (χ1n) is 10.7. The first-order chi connectivity index (χ1) is 16.4. The van der Waals surface area contributed by atoms with Gasteiger partial charge in [0.25, 0.3) is 0 Å². The molecule has 0 amide bonds. The van der Waals surface area contributed by atoms with E-state index >= 15 is 0 Å². The average molecular weight is 499 g/mol. The highest BCUT2D eigenvalue weighted by Crippen LogP contribution is 2.30. The molecule has 34 heavy (non-hydrogen) atoms. The number of para-hydroxylation sites is 1. The van der Waals surface area contributed by atoms with E-state index in [2.05, 4.69) is 10.3 Å². The van der Waals surface area contributed by atoms with E-state index in [9.17, 15) is 9.90 Å². The smallest absolute Gasteiger partial charge is 0.321 e. The third kappa shape index (κ3) is 5.65. The largest absolute Gasteiger partial charge is 0.493 e. The number of aromatic amines is 1. The van der Waals surface area contributed by atoms with E-state index in [1.165, 1.54) is 0 Å². The highest BCUT2D eigenvalue weighted by Gasteiger charge is 2.19. The number of aromatic nitrogens is 1. The van der Waals surface area contributed by atoms with Gasteiger partial charge in [0.15, 0.2) is 11.5 Å². The van der Waals surface area contributed by atoms with Gasteiger partial charge in [0, 0.05) is 30.1 Å². The first-order valence-corrected chi connectivity index (χ1v) is 11.4. The first kappa shape index (κ1) is 24.0. The molecule has 176 valence electrons. The standard InChI is InChI=1S/C26H24Cl2N2O4/c1-33-25-11-16(7-9-24(25)34-15-17-6-8-20(27)21(28)10-17)13-29-23(26(31)32)12-18-14-30-22-5-3-2-4-19(18)22/h2-11,14,23,29-30H,12-13,15H2,1H3,(H,31,32). The molecule has 1 unspecified atom stereocenters. The number of methoxy groups -OCH3 is 1. The van der Waals surface area contributed by atoms with Gasteiger partial charge in [-0.1, -0.05) is 53.5 Å². The van der Waals surface area contributed by atoms with E-state index in [0.717, 1.165) is 27.6 Å². The molecule has 6 nitrogen and oxygen atoms in total.